The van der Waals surface area contributed by atoms with Gasteiger partial charge in [0.2, 0.25) is 6.79 Å². The van der Waals surface area contributed by atoms with Crippen LogP contribution in [0.15, 0.2) is 65.1 Å². The van der Waals surface area contributed by atoms with Gasteiger partial charge in [-0.2, -0.15) is 0 Å². The summed E-state index contributed by atoms with van der Waals surface area (Å²) in [4.78, 5) is 0. The maximum absolute atomic E-state index is 6.05. The van der Waals surface area contributed by atoms with E-state index in [1.54, 1.807) is 0 Å². The van der Waals surface area contributed by atoms with Crippen molar-refractivity contribution in [1.82, 2.24) is 0 Å². The van der Waals surface area contributed by atoms with E-state index in [0.29, 0.717) is 25.5 Å². The number of benzene rings is 3. The third-order valence-corrected chi connectivity index (χ3v) is 5.05. The number of rotatable bonds is 8. The fraction of sp³-hybridized carbons (Fsp3) is 0.217. The van der Waals surface area contributed by atoms with Crippen molar-refractivity contribution < 1.29 is 18.9 Å². The van der Waals surface area contributed by atoms with E-state index in [1.165, 1.54) is 0 Å². The smallest absolute Gasteiger partial charge is 0.231 e. The van der Waals surface area contributed by atoms with Gasteiger partial charge in [0.15, 0.2) is 23.0 Å². The maximum Gasteiger partial charge on any atom is 0.231 e. The highest BCUT2D eigenvalue weighted by Gasteiger charge is 2.15. The molecule has 3 aromatic rings. The summed E-state index contributed by atoms with van der Waals surface area (Å²) in [6, 6.07) is 20.0. The van der Waals surface area contributed by atoms with E-state index < -0.39 is 0 Å². The number of hydrogen-bond acceptors (Lipinski definition) is 5. The lowest BCUT2D eigenvalue weighted by atomic mass is 10.2. The Bertz CT molecular complexity index is 978. The van der Waals surface area contributed by atoms with E-state index in [2.05, 4.69) is 21.2 Å². The van der Waals surface area contributed by atoms with E-state index in [9.17, 15) is 0 Å². The summed E-state index contributed by atoms with van der Waals surface area (Å²) in [5.41, 5.74) is 3.15. The molecule has 29 heavy (non-hydrogen) atoms. The molecule has 3 aromatic carbocycles. The quantitative estimate of drug-likeness (QED) is 0.467. The molecule has 0 unspecified atom stereocenters. The second kappa shape index (κ2) is 9.09. The lowest BCUT2D eigenvalue weighted by Gasteiger charge is -2.16. The summed E-state index contributed by atoms with van der Waals surface area (Å²) in [6.45, 7) is 3.92. The maximum atomic E-state index is 6.05. The van der Waals surface area contributed by atoms with Gasteiger partial charge in [-0.05, 0) is 58.2 Å². The first-order valence-corrected chi connectivity index (χ1v) is 10.3. The summed E-state index contributed by atoms with van der Waals surface area (Å²) in [6.07, 6.45) is 0. The molecule has 150 valence electrons. The summed E-state index contributed by atoms with van der Waals surface area (Å²) in [5.74, 6) is 2.97. The Labute approximate surface area is 178 Å². The van der Waals surface area contributed by atoms with Gasteiger partial charge in [-0.15, -0.1) is 0 Å². The van der Waals surface area contributed by atoms with Crippen molar-refractivity contribution in [1.29, 1.82) is 0 Å². The number of anilines is 1. The first-order chi connectivity index (χ1) is 14.2. The molecular formula is C23H22BrNO4. The van der Waals surface area contributed by atoms with Gasteiger partial charge in [0, 0.05) is 18.3 Å². The third-order valence-electron chi connectivity index (χ3n) is 4.46. The van der Waals surface area contributed by atoms with Crippen molar-refractivity contribution in [2.24, 2.45) is 0 Å². The minimum absolute atomic E-state index is 0.272. The van der Waals surface area contributed by atoms with Gasteiger partial charge in [0.25, 0.3) is 0 Å². The third kappa shape index (κ3) is 4.77. The molecule has 0 radical (unpaired) electrons. The zero-order valence-electron chi connectivity index (χ0n) is 16.1. The number of nitrogens with one attached hydrogen (secondary N) is 1. The zero-order chi connectivity index (χ0) is 20.1. The standard InChI is InChI=1S/C23H22BrNO4/c1-2-26-22-11-17(13-25-18-8-9-20-21(12-18)29-15-28-20)10-19(24)23(22)27-14-16-6-4-3-5-7-16/h3-12,25H,2,13-15H2,1H3. The topological polar surface area (TPSA) is 49.0 Å². The monoisotopic (exact) mass is 455 g/mol. The van der Waals surface area contributed by atoms with Gasteiger partial charge in [-0.3, -0.25) is 0 Å². The number of hydrogen-bond donors (Lipinski definition) is 1. The van der Waals surface area contributed by atoms with Gasteiger partial charge in [-0.25, -0.2) is 0 Å². The average molecular weight is 456 g/mol. The van der Waals surface area contributed by atoms with Crippen LogP contribution in [-0.4, -0.2) is 13.4 Å². The van der Waals surface area contributed by atoms with Gasteiger partial charge in [0.05, 0.1) is 11.1 Å². The van der Waals surface area contributed by atoms with Crippen molar-refractivity contribution in [3.05, 3.63) is 76.3 Å². The van der Waals surface area contributed by atoms with Crippen molar-refractivity contribution in [2.75, 3.05) is 18.7 Å². The molecule has 0 amide bonds. The fourth-order valence-corrected chi connectivity index (χ4v) is 3.67. The largest absolute Gasteiger partial charge is 0.490 e. The molecule has 6 heteroatoms. The first-order valence-electron chi connectivity index (χ1n) is 9.48. The first kappa shape index (κ1) is 19.5. The van der Waals surface area contributed by atoms with Crippen LogP contribution in [0.1, 0.15) is 18.1 Å². The lowest BCUT2D eigenvalue weighted by Crippen LogP contribution is -2.04. The van der Waals surface area contributed by atoms with Crippen LogP contribution in [0.4, 0.5) is 5.69 Å². The van der Waals surface area contributed by atoms with Gasteiger partial charge >= 0.3 is 0 Å². The van der Waals surface area contributed by atoms with Crippen molar-refractivity contribution in [2.45, 2.75) is 20.1 Å². The van der Waals surface area contributed by atoms with Crippen LogP contribution in [-0.2, 0) is 13.2 Å². The minimum atomic E-state index is 0.272. The van der Waals surface area contributed by atoms with E-state index in [4.69, 9.17) is 18.9 Å². The second-order valence-electron chi connectivity index (χ2n) is 6.53. The van der Waals surface area contributed by atoms with E-state index in [1.807, 2.05) is 67.6 Å². The Balaban J connectivity index is 1.47. The SMILES string of the molecule is CCOc1cc(CNc2ccc3c(c2)OCO3)cc(Br)c1OCc1ccccc1. The molecule has 1 N–H and O–H groups in total. The van der Waals surface area contributed by atoms with Gasteiger partial charge in [-0.1, -0.05) is 30.3 Å². The molecule has 1 aliphatic rings. The average Bonchev–Trinajstić information content (AvgIpc) is 3.20. The highest BCUT2D eigenvalue weighted by Crippen LogP contribution is 2.38. The molecule has 0 saturated heterocycles. The van der Waals surface area contributed by atoms with Crippen molar-refractivity contribution in [3.63, 3.8) is 0 Å². The Morgan fingerprint density at radius 3 is 2.59 bits per heavy atom. The fourth-order valence-electron chi connectivity index (χ4n) is 3.07. The Hall–Kier alpha value is -2.86. The molecule has 0 aliphatic carbocycles. The Kier molecular flexibility index (Phi) is 6.10. The highest BCUT2D eigenvalue weighted by molar-refractivity contribution is 9.10. The summed E-state index contributed by atoms with van der Waals surface area (Å²) in [5, 5.41) is 3.41. The summed E-state index contributed by atoms with van der Waals surface area (Å²) < 4.78 is 23.5. The molecular weight excluding hydrogens is 434 g/mol. The highest BCUT2D eigenvalue weighted by atomic mass is 79.9. The van der Waals surface area contributed by atoms with E-state index in [0.717, 1.165) is 38.5 Å². The molecule has 1 aliphatic heterocycles. The molecule has 0 atom stereocenters. The molecule has 0 fully saturated rings. The zero-order valence-corrected chi connectivity index (χ0v) is 17.7. The number of halogens is 1. The van der Waals surface area contributed by atoms with Crippen LogP contribution in [0.25, 0.3) is 0 Å². The van der Waals surface area contributed by atoms with Crippen LogP contribution in [0.2, 0.25) is 0 Å². The van der Waals surface area contributed by atoms with Crippen LogP contribution < -0.4 is 24.3 Å². The van der Waals surface area contributed by atoms with Crippen molar-refractivity contribution >= 4 is 21.6 Å². The molecule has 4 rings (SSSR count). The summed E-state index contributed by atoms with van der Waals surface area (Å²) in [7, 11) is 0. The number of fused-ring (bicyclic) bond motifs is 1. The van der Waals surface area contributed by atoms with E-state index in [-0.39, 0.29) is 6.79 Å². The molecule has 5 nitrogen and oxygen atoms in total. The summed E-state index contributed by atoms with van der Waals surface area (Å²) >= 11 is 3.64. The normalized spacial score (nSPS) is 11.9. The van der Waals surface area contributed by atoms with E-state index >= 15 is 0 Å². The Morgan fingerprint density at radius 2 is 1.76 bits per heavy atom. The van der Waals surface area contributed by atoms with Crippen molar-refractivity contribution in [3.8, 4) is 23.0 Å². The molecule has 0 aromatic heterocycles. The van der Waals surface area contributed by atoms with Crippen LogP contribution in [0.3, 0.4) is 0 Å². The van der Waals surface area contributed by atoms with Gasteiger partial charge < -0.3 is 24.3 Å². The second-order valence-corrected chi connectivity index (χ2v) is 7.39. The van der Waals surface area contributed by atoms with Crippen LogP contribution in [0, 0.1) is 0 Å². The predicted octanol–water partition coefficient (Wildman–Crippen LogP) is 5.77. The molecule has 1 heterocycles. The van der Waals surface area contributed by atoms with Crippen LogP contribution >= 0.6 is 15.9 Å². The minimum Gasteiger partial charge on any atom is -0.490 e. The lowest BCUT2D eigenvalue weighted by molar-refractivity contribution is 0.174. The molecule has 0 bridgehead atoms. The molecule has 0 spiro atoms. The van der Waals surface area contributed by atoms with Gasteiger partial charge in [0.1, 0.15) is 6.61 Å². The Morgan fingerprint density at radius 1 is 0.931 bits per heavy atom. The predicted molar refractivity (Wildman–Crippen MR) is 116 cm³/mol. The van der Waals surface area contributed by atoms with Crippen LogP contribution in [0.5, 0.6) is 23.0 Å². The molecule has 0 saturated carbocycles. The number of ether oxygens (including phenoxy) is 4.